The summed E-state index contributed by atoms with van der Waals surface area (Å²) in [5, 5.41) is 4.76. The highest BCUT2D eigenvalue weighted by Gasteiger charge is 2.16. The molecule has 2 heterocycles. The fourth-order valence-corrected chi connectivity index (χ4v) is 2.65. The summed E-state index contributed by atoms with van der Waals surface area (Å²) in [5.74, 6) is 1.66. The number of hydrogen-bond donors (Lipinski definition) is 1. The molecule has 1 aliphatic heterocycles. The van der Waals surface area contributed by atoms with Crippen LogP contribution in [-0.4, -0.2) is 25.8 Å². The van der Waals surface area contributed by atoms with Crippen LogP contribution in [0, 0.1) is 0 Å². The normalized spacial score (nSPS) is 23.2. The van der Waals surface area contributed by atoms with Crippen molar-refractivity contribution in [1.29, 1.82) is 0 Å². The van der Waals surface area contributed by atoms with Crippen LogP contribution in [0.4, 0.5) is 5.95 Å². The van der Waals surface area contributed by atoms with E-state index in [-0.39, 0.29) is 0 Å². The monoisotopic (exact) mass is 184 g/mol. The van der Waals surface area contributed by atoms with Crippen LogP contribution in [0.1, 0.15) is 12.8 Å². The van der Waals surface area contributed by atoms with Crippen molar-refractivity contribution in [3.63, 3.8) is 0 Å². The van der Waals surface area contributed by atoms with Crippen molar-refractivity contribution in [2.24, 2.45) is 0 Å². The first-order valence-electron chi connectivity index (χ1n) is 4.11. The van der Waals surface area contributed by atoms with Crippen LogP contribution in [0.2, 0.25) is 0 Å². The predicted octanol–water partition coefficient (Wildman–Crippen LogP) is 0.756. The summed E-state index contributed by atoms with van der Waals surface area (Å²) < 4.78 is 1.83. The van der Waals surface area contributed by atoms with Crippen molar-refractivity contribution in [1.82, 2.24) is 14.8 Å². The molecule has 1 fully saturated rings. The van der Waals surface area contributed by atoms with Gasteiger partial charge < -0.3 is 5.73 Å². The molecule has 0 saturated carbocycles. The van der Waals surface area contributed by atoms with Gasteiger partial charge in [-0.3, -0.25) is 0 Å². The third-order valence-corrected chi connectivity index (χ3v) is 3.35. The minimum Gasteiger partial charge on any atom is -0.367 e. The molecule has 2 rings (SSSR count). The standard InChI is InChI=1S/C7H12N4S/c8-7-9-5-11(10-7)4-6-2-1-3-12-6/h5-6H,1-4H2,(H2,8,10). The van der Waals surface area contributed by atoms with E-state index in [1.165, 1.54) is 18.6 Å². The summed E-state index contributed by atoms with van der Waals surface area (Å²) in [6.45, 7) is 0.953. The van der Waals surface area contributed by atoms with Gasteiger partial charge in [0.1, 0.15) is 6.33 Å². The van der Waals surface area contributed by atoms with Gasteiger partial charge in [-0.1, -0.05) is 0 Å². The Kier molecular flexibility index (Phi) is 2.21. The first-order valence-corrected chi connectivity index (χ1v) is 5.16. The maximum absolute atomic E-state index is 5.40. The molecule has 1 atom stereocenters. The minimum absolute atomic E-state index is 0.373. The largest absolute Gasteiger partial charge is 0.367 e. The maximum atomic E-state index is 5.40. The van der Waals surface area contributed by atoms with Crippen LogP contribution in [0.25, 0.3) is 0 Å². The molecule has 2 N–H and O–H groups in total. The van der Waals surface area contributed by atoms with Crippen LogP contribution < -0.4 is 5.73 Å². The average molecular weight is 184 g/mol. The summed E-state index contributed by atoms with van der Waals surface area (Å²) in [5.41, 5.74) is 5.40. The summed E-state index contributed by atoms with van der Waals surface area (Å²) >= 11 is 2.02. The van der Waals surface area contributed by atoms with E-state index in [1.54, 1.807) is 6.33 Å². The number of anilines is 1. The lowest BCUT2D eigenvalue weighted by molar-refractivity contribution is 0.580. The van der Waals surface area contributed by atoms with Crippen molar-refractivity contribution < 1.29 is 0 Å². The molecule has 1 unspecified atom stereocenters. The molecule has 1 aromatic rings. The number of nitrogen functional groups attached to an aromatic ring is 1. The molecule has 66 valence electrons. The van der Waals surface area contributed by atoms with Crippen LogP contribution in [0.3, 0.4) is 0 Å². The van der Waals surface area contributed by atoms with Crippen molar-refractivity contribution in [3.8, 4) is 0 Å². The van der Waals surface area contributed by atoms with Gasteiger partial charge >= 0.3 is 0 Å². The third kappa shape index (κ3) is 1.72. The van der Waals surface area contributed by atoms with E-state index in [2.05, 4.69) is 10.1 Å². The van der Waals surface area contributed by atoms with Gasteiger partial charge in [-0.05, 0) is 18.6 Å². The van der Waals surface area contributed by atoms with E-state index < -0.39 is 0 Å². The van der Waals surface area contributed by atoms with Gasteiger partial charge in [-0.15, -0.1) is 5.10 Å². The van der Waals surface area contributed by atoms with Crippen LogP contribution in [0.5, 0.6) is 0 Å². The highest BCUT2D eigenvalue weighted by Crippen LogP contribution is 2.26. The zero-order chi connectivity index (χ0) is 8.39. The fourth-order valence-electron chi connectivity index (χ4n) is 1.39. The Morgan fingerprint density at radius 3 is 3.25 bits per heavy atom. The number of thioether (sulfide) groups is 1. The van der Waals surface area contributed by atoms with Crippen LogP contribution in [0.15, 0.2) is 6.33 Å². The van der Waals surface area contributed by atoms with Crippen molar-refractivity contribution >= 4 is 17.7 Å². The Morgan fingerprint density at radius 2 is 2.67 bits per heavy atom. The van der Waals surface area contributed by atoms with E-state index in [9.17, 15) is 0 Å². The molecule has 1 saturated heterocycles. The summed E-state index contributed by atoms with van der Waals surface area (Å²) in [6.07, 6.45) is 4.33. The fraction of sp³-hybridized carbons (Fsp3) is 0.714. The number of aromatic nitrogens is 3. The third-order valence-electron chi connectivity index (χ3n) is 1.97. The van der Waals surface area contributed by atoms with Gasteiger partial charge in [-0.2, -0.15) is 11.8 Å². The van der Waals surface area contributed by atoms with Gasteiger partial charge in [0, 0.05) is 5.25 Å². The Hall–Kier alpha value is -0.710. The topological polar surface area (TPSA) is 56.7 Å². The molecule has 0 aromatic carbocycles. The highest BCUT2D eigenvalue weighted by atomic mass is 32.2. The number of hydrogen-bond acceptors (Lipinski definition) is 4. The molecular weight excluding hydrogens is 172 g/mol. The van der Waals surface area contributed by atoms with Gasteiger partial charge in [0.05, 0.1) is 6.54 Å². The zero-order valence-corrected chi connectivity index (χ0v) is 7.63. The van der Waals surface area contributed by atoms with Gasteiger partial charge in [0.25, 0.3) is 0 Å². The van der Waals surface area contributed by atoms with Gasteiger partial charge in [0.2, 0.25) is 5.95 Å². The Balaban J connectivity index is 1.94. The maximum Gasteiger partial charge on any atom is 0.239 e. The SMILES string of the molecule is Nc1ncn(CC2CCCS2)n1. The summed E-state index contributed by atoms with van der Waals surface area (Å²) in [4.78, 5) is 3.88. The average Bonchev–Trinajstić information content (AvgIpc) is 2.63. The number of nitrogens with two attached hydrogens (primary N) is 1. The van der Waals surface area contributed by atoms with E-state index in [4.69, 9.17) is 5.73 Å². The zero-order valence-electron chi connectivity index (χ0n) is 6.81. The molecule has 0 aliphatic carbocycles. The molecule has 4 nitrogen and oxygen atoms in total. The summed E-state index contributed by atoms with van der Waals surface area (Å²) in [6, 6.07) is 0. The van der Waals surface area contributed by atoms with Crippen molar-refractivity contribution in [2.45, 2.75) is 24.6 Å². The molecule has 1 aromatic heterocycles. The van der Waals surface area contributed by atoms with E-state index in [0.717, 1.165) is 6.54 Å². The van der Waals surface area contributed by atoms with Crippen LogP contribution in [-0.2, 0) is 6.54 Å². The summed E-state index contributed by atoms with van der Waals surface area (Å²) in [7, 11) is 0. The number of rotatable bonds is 2. The van der Waals surface area contributed by atoms with Gasteiger partial charge in [0.15, 0.2) is 0 Å². The number of nitrogens with zero attached hydrogens (tertiary/aromatic N) is 3. The lowest BCUT2D eigenvalue weighted by Crippen LogP contribution is -2.10. The van der Waals surface area contributed by atoms with Crippen molar-refractivity contribution in [2.75, 3.05) is 11.5 Å². The Labute approximate surface area is 75.5 Å². The molecule has 12 heavy (non-hydrogen) atoms. The second-order valence-electron chi connectivity index (χ2n) is 2.96. The van der Waals surface area contributed by atoms with Crippen molar-refractivity contribution in [3.05, 3.63) is 6.33 Å². The first kappa shape index (κ1) is 7.91. The van der Waals surface area contributed by atoms with E-state index >= 15 is 0 Å². The molecule has 0 bridgehead atoms. The second kappa shape index (κ2) is 3.35. The molecular formula is C7H12N4S. The lowest BCUT2D eigenvalue weighted by atomic mass is 10.2. The molecule has 0 spiro atoms. The predicted molar refractivity (Wildman–Crippen MR) is 49.9 cm³/mol. The minimum atomic E-state index is 0.373. The smallest absolute Gasteiger partial charge is 0.239 e. The molecule has 0 radical (unpaired) electrons. The molecule has 5 heteroatoms. The van der Waals surface area contributed by atoms with Gasteiger partial charge in [-0.25, -0.2) is 9.67 Å². The molecule has 1 aliphatic rings. The first-order chi connectivity index (χ1) is 5.84. The highest BCUT2D eigenvalue weighted by molar-refractivity contribution is 8.00. The van der Waals surface area contributed by atoms with E-state index in [1.807, 2.05) is 16.4 Å². The van der Waals surface area contributed by atoms with E-state index in [0.29, 0.717) is 11.2 Å². The van der Waals surface area contributed by atoms with Crippen LogP contribution >= 0.6 is 11.8 Å². The Morgan fingerprint density at radius 1 is 1.75 bits per heavy atom. The Bertz CT molecular complexity index is 254. The lowest BCUT2D eigenvalue weighted by Gasteiger charge is -2.06. The quantitative estimate of drug-likeness (QED) is 0.737. The second-order valence-corrected chi connectivity index (χ2v) is 4.37. The molecule has 0 amide bonds.